The molecule has 1 saturated heterocycles. The van der Waals surface area contributed by atoms with E-state index in [9.17, 15) is 26.3 Å². The summed E-state index contributed by atoms with van der Waals surface area (Å²) in [6.07, 6.45) is -10.4. The van der Waals surface area contributed by atoms with Crippen molar-refractivity contribution in [3.63, 3.8) is 0 Å². The van der Waals surface area contributed by atoms with Gasteiger partial charge in [-0.3, -0.25) is 0 Å². The van der Waals surface area contributed by atoms with E-state index in [1.54, 1.807) is 9.80 Å². The number of nitrogens with one attached hydrogen (secondary N) is 3. The van der Waals surface area contributed by atoms with Gasteiger partial charge in [0.2, 0.25) is 0 Å². The SMILES string of the molecule is C[NH+](C)CC[NH+]1CCNCC1.O=C([O-])C(F)(F)F.O=C([O-])C(F)(F)F. The predicted molar refractivity (Wildman–Crippen MR) is 68.2 cm³/mol. The number of carboxylic acids is 2. The first-order valence-electron chi connectivity index (χ1n) is 7.07. The Morgan fingerprint density at radius 3 is 1.52 bits per heavy atom. The van der Waals surface area contributed by atoms with E-state index in [0.29, 0.717) is 0 Å². The maximum atomic E-state index is 10.5. The van der Waals surface area contributed by atoms with Crippen LogP contribution in [0.2, 0.25) is 0 Å². The van der Waals surface area contributed by atoms with E-state index in [0.717, 1.165) is 0 Å². The molecule has 0 unspecified atom stereocenters. The summed E-state index contributed by atoms with van der Waals surface area (Å²) >= 11 is 0. The van der Waals surface area contributed by atoms with Gasteiger partial charge in [-0.05, 0) is 0 Å². The lowest BCUT2D eigenvalue weighted by atomic mass is 10.3. The van der Waals surface area contributed by atoms with E-state index in [1.807, 2.05) is 0 Å². The van der Waals surface area contributed by atoms with Crippen molar-refractivity contribution in [2.45, 2.75) is 12.4 Å². The number of hydrogen-bond acceptors (Lipinski definition) is 5. The molecule has 25 heavy (non-hydrogen) atoms. The molecule has 1 rings (SSSR count). The summed E-state index contributed by atoms with van der Waals surface area (Å²) in [6, 6.07) is 0. The fourth-order valence-electron chi connectivity index (χ4n) is 1.46. The van der Waals surface area contributed by atoms with Crippen molar-refractivity contribution >= 4 is 11.9 Å². The van der Waals surface area contributed by atoms with Crippen LogP contribution >= 0.6 is 0 Å². The summed E-state index contributed by atoms with van der Waals surface area (Å²) in [5.74, 6) is -6.01. The minimum atomic E-state index is -5.19. The number of rotatable bonds is 3. The Bertz CT molecular complexity index is 371. The van der Waals surface area contributed by atoms with Crippen molar-refractivity contribution in [2.75, 3.05) is 53.4 Å². The second kappa shape index (κ2) is 11.9. The van der Waals surface area contributed by atoms with Crippen LogP contribution in [0.15, 0.2) is 0 Å². The molecule has 1 fully saturated rings. The molecule has 0 aromatic heterocycles. The zero-order valence-corrected chi connectivity index (χ0v) is 13.6. The van der Waals surface area contributed by atoms with Gasteiger partial charge in [-0.2, -0.15) is 26.3 Å². The number of aliphatic carboxylic acids is 2. The van der Waals surface area contributed by atoms with Gasteiger partial charge in [0.05, 0.1) is 27.2 Å². The quantitative estimate of drug-likeness (QED) is 0.424. The molecule has 0 atom stereocenters. The zero-order valence-electron chi connectivity index (χ0n) is 13.6. The molecule has 0 aromatic carbocycles. The highest BCUT2D eigenvalue weighted by molar-refractivity contribution is 5.71. The van der Waals surface area contributed by atoms with Gasteiger partial charge in [0.25, 0.3) is 0 Å². The molecule has 1 heterocycles. The fourth-order valence-corrected chi connectivity index (χ4v) is 1.46. The maximum absolute atomic E-state index is 10.5. The van der Waals surface area contributed by atoms with E-state index < -0.39 is 24.3 Å². The molecule has 0 amide bonds. The fraction of sp³-hybridized carbons (Fsp3) is 0.833. The van der Waals surface area contributed by atoms with E-state index >= 15 is 0 Å². The molecule has 1 aliphatic rings. The highest BCUT2D eigenvalue weighted by atomic mass is 19.4. The molecular weight excluding hydrogens is 364 g/mol. The lowest BCUT2D eigenvalue weighted by Crippen LogP contribution is -3.19. The van der Waals surface area contributed by atoms with Gasteiger partial charge < -0.3 is 34.9 Å². The van der Waals surface area contributed by atoms with E-state index in [2.05, 4.69) is 19.4 Å². The summed E-state index contributed by atoms with van der Waals surface area (Å²) in [6.45, 7) is 7.68. The number of carbonyl (C=O) groups excluding carboxylic acids is 2. The molecular formula is C12H21F6N3O4. The first-order valence-corrected chi connectivity index (χ1v) is 7.07. The van der Waals surface area contributed by atoms with Crippen LogP contribution in [0.25, 0.3) is 0 Å². The Morgan fingerprint density at radius 1 is 0.960 bits per heavy atom. The van der Waals surface area contributed by atoms with Gasteiger partial charge in [0.1, 0.15) is 25.0 Å². The minimum absolute atomic E-state index is 1.21. The molecule has 150 valence electrons. The summed E-state index contributed by atoms with van der Waals surface area (Å²) < 4.78 is 63.1. The Balaban J connectivity index is 0. The standard InChI is InChI=1S/C8H19N3.2C2HF3O2/c1-10(2)7-8-11-5-3-9-4-6-11;2*3-2(4,5)1(6)7/h9H,3-8H2,1-2H3;2*(H,6,7). The maximum Gasteiger partial charge on any atom is 0.430 e. The normalized spacial score (nSPS) is 15.6. The number of quaternary nitrogens is 2. The summed E-state index contributed by atoms with van der Waals surface area (Å²) in [5, 5.41) is 20.9. The molecule has 0 bridgehead atoms. The van der Waals surface area contributed by atoms with Crippen molar-refractivity contribution in [3.8, 4) is 0 Å². The van der Waals surface area contributed by atoms with Gasteiger partial charge in [0, 0.05) is 13.1 Å². The van der Waals surface area contributed by atoms with Crippen LogP contribution in [0.3, 0.4) is 0 Å². The smallest absolute Gasteiger partial charge is 0.430 e. The third kappa shape index (κ3) is 17.0. The zero-order chi connectivity index (χ0) is 20.3. The molecule has 0 radical (unpaired) electrons. The minimum Gasteiger partial charge on any atom is -0.542 e. The van der Waals surface area contributed by atoms with Crippen LogP contribution in [-0.4, -0.2) is 77.7 Å². The number of likely N-dealkylation sites (N-methyl/N-ethyl adjacent to an activating group) is 1. The summed E-state index contributed by atoms with van der Waals surface area (Å²) in [5.41, 5.74) is 0. The van der Waals surface area contributed by atoms with Crippen LogP contribution in [0, 0.1) is 0 Å². The Hall–Kier alpha value is -1.60. The van der Waals surface area contributed by atoms with Gasteiger partial charge in [-0.25, -0.2) is 0 Å². The average Bonchev–Trinajstić information content (AvgIpc) is 2.45. The molecule has 1 aliphatic heterocycles. The average molecular weight is 385 g/mol. The number of carbonyl (C=O) groups is 2. The molecule has 0 spiro atoms. The van der Waals surface area contributed by atoms with Crippen molar-refractivity contribution in [1.29, 1.82) is 0 Å². The molecule has 0 saturated carbocycles. The number of alkyl halides is 6. The third-order valence-electron chi connectivity index (χ3n) is 2.75. The van der Waals surface area contributed by atoms with Gasteiger partial charge >= 0.3 is 12.4 Å². The topological polar surface area (TPSA) is 101 Å². The molecule has 13 heteroatoms. The van der Waals surface area contributed by atoms with E-state index in [-0.39, 0.29) is 0 Å². The van der Waals surface area contributed by atoms with Gasteiger partial charge in [0.15, 0.2) is 0 Å². The number of hydrogen-bond donors (Lipinski definition) is 3. The lowest BCUT2D eigenvalue weighted by Gasteiger charge is -2.24. The predicted octanol–water partition coefficient (Wildman–Crippen LogP) is -4.78. The molecule has 7 nitrogen and oxygen atoms in total. The van der Waals surface area contributed by atoms with Crippen LogP contribution in [0.5, 0.6) is 0 Å². The Kier molecular flexibility index (Phi) is 12.2. The van der Waals surface area contributed by atoms with Gasteiger partial charge in [-0.15, -0.1) is 0 Å². The van der Waals surface area contributed by atoms with Crippen LogP contribution in [0.1, 0.15) is 0 Å². The van der Waals surface area contributed by atoms with Crippen LogP contribution in [-0.2, 0) is 9.59 Å². The molecule has 3 N–H and O–H groups in total. The highest BCUT2D eigenvalue weighted by Gasteiger charge is 2.29. The largest absolute Gasteiger partial charge is 0.542 e. The van der Waals surface area contributed by atoms with E-state index in [4.69, 9.17) is 19.8 Å². The second-order valence-electron chi connectivity index (χ2n) is 5.28. The lowest BCUT2D eigenvalue weighted by molar-refractivity contribution is -0.942. The Morgan fingerprint density at radius 2 is 1.28 bits per heavy atom. The van der Waals surface area contributed by atoms with Crippen molar-refractivity contribution in [1.82, 2.24) is 5.32 Å². The summed E-state index contributed by atoms with van der Waals surface area (Å²) in [4.78, 5) is 20.9. The number of piperazine rings is 1. The van der Waals surface area contributed by atoms with Crippen LogP contribution in [0.4, 0.5) is 26.3 Å². The number of carboxylic acid groups (broad SMARTS) is 2. The molecule has 0 aromatic rings. The van der Waals surface area contributed by atoms with E-state index in [1.165, 1.54) is 39.3 Å². The first kappa shape index (κ1) is 25.6. The Labute approximate surface area is 140 Å². The molecule has 0 aliphatic carbocycles. The highest BCUT2D eigenvalue weighted by Crippen LogP contribution is 2.12. The van der Waals surface area contributed by atoms with Gasteiger partial charge in [-0.1, -0.05) is 0 Å². The monoisotopic (exact) mass is 385 g/mol. The van der Waals surface area contributed by atoms with Crippen LogP contribution < -0.4 is 25.3 Å². The van der Waals surface area contributed by atoms with Crippen molar-refractivity contribution < 1.29 is 55.9 Å². The van der Waals surface area contributed by atoms with Crippen molar-refractivity contribution in [3.05, 3.63) is 0 Å². The second-order valence-corrected chi connectivity index (χ2v) is 5.28. The summed E-state index contributed by atoms with van der Waals surface area (Å²) in [7, 11) is 4.45. The first-order chi connectivity index (χ1) is 11.2. The number of halogens is 6. The third-order valence-corrected chi connectivity index (χ3v) is 2.75. The van der Waals surface area contributed by atoms with Crippen molar-refractivity contribution in [2.24, 2.45) is 0 Å².